The SMILES string of the molecule is Cc1nnnn1-c1cc(NC(=O)c2cccc(S(=O)(=O)N3CCc4ccccc4C3)c2)ccc1F. The number of anilines is 1. The van der Waals surface area contributed by atoms with E-state index in [-0.39, 0.29) is 22.7 Å². The topological polar surface area (TPSA) is 110 Å². The van der Waals surface area contributed by atoms with Crippen molar-refractivity contribution in [3.8, 4) is 5.69 Å². The molecule has 0 spiro atoms. The number of tetrazole rings is 1. The molecule has 2 heterocycles. The zero-order valence-corrected chi connectivity index (χ0v) is 19.5. The van der Waals surface area contributed by atoms with E-state index in [9.17, 15) is 17.6 Å². The number of nitrogens with one attached hydrogen (secondary N) is 1. The van der Waals surface area contributed by atoms with Gasteiger partial charge in [-0.05, 0) is 71.3 Å². The highest BCUT2D eigenvalue weighted by Crippen LogP contribution is 2.26. The van der Waals surface area contributed by atoms with Gasteiger partial charge in [-0.1, -0.05) is 30.3 Å². The molecule has 0 radical (unpaired) electrons. The fourth-order valence-corrected chi connectivity index (χ4v) is 5.50. The lowest BCUT2D eigenvalue weighted by Gasteiger charge is -2.28. The smallest absolute Gasteiger partial charge is 0.255 e. The highest BCUT2D eigenvalue weighted by molar-refractivity contribution is 7.89. The van der Waals surface area contributed by atoms with Crippen LogP contribution in [0.2, 0.25) is 0 Å². The number of carbonyl (C=O) groups excluding carboxylic acids is 1. The standard InChI is InChI=1S/C24H21FN6O3S/c1-16-27-28-29-31(16)23-14-20(9-10-22(23)25)26-24(32)18-7-4-8-21(13-18)35(33,34)30-12-11-17-5-2-3-6-19(17)15-30/h2-10,13-14H,11-12,15H2,1H3,(H,26,32). The molecule has 0 unspecified atom stereocenters. The Morgan fingerprint density at radius 1 is 1.03 bits per heavy atom. The lowest BCUT2D eigenvalue weighted by Crippen LogP contribution is -2.36. The zero-order valence-electron chi connectivity index (χ0n) is 18.7. The maximum Gasteiger partial charge on any atom is 0.255 e. The monoisotopic (exact) mass is 492 g/mol. The number of nitrogens with zero attached hydrogens (tertiary/aromatic N) is 5. The molecule has 1 aliphatic rings. The first-order chi connectivity index (χ1) is 16.8. The lowest BCUT2D eigenvalue weighted by molar-refractivity contribution is 0.102. The second kappa shape index (κ2) is 9.01. The molecule has 0 aliphatic carbocycles. The van der Waals surface area contributed by atoms with Gasteiger partial charge in [0.25, 0.3) is 5.91 Å². The van der Waals surface area contributed by atoms with E-state index in [1.54, 1.807) is 6.92 Å². The van der Waals surface area contributed by atoms with Gasteiger partial charge in [0.2, 0.25) is 10.0 Å². The van der Waals surface area contributed by atoms with Gasteiger partial charge < -0.3 is 5.32 Å². The van der Waals surface area contributed by atoms with E-state index >= 15 is 0 Å². The Balaban J connectivity index is 1.38. The minimum Gasteiger partial charge on any atom is -0.322 e. The van der Waals surface area contributed by atoms with E-state index in [0.29, 0.717) is 24.5 Å². The van der Waals surface area contributed by atoms with Gasteiger partial charge in [0.1, 0.15) is 11.5 Å². The molecule has 0 saturated carbocycles. The molecule has 1 amide bonds. The summed E-state index contributed by atoms with van der Waals surface area (Å²) in [6.07, 6.45) is 0.628. The van der Waals surface area contributed by atoms with Crippen LogP contribution < -0.4 is 5.32 Å². The van der Waals surface area contributed by atoms with Gasteiger partial charge in [-0.2, -0.15) is 8.99 Å². The first-order valence-electron chi connectivity index (χ1n) is 10.9. The molecule has 35 heavy (non-hydrogen) atoms. The van der Waals surface area contributed by atoms with Gasteiger partial charge in [-0.15, -0.1) is 5.10 Å². The number of amides is 1. The third-order valence-electron chi connectivity index (χ3n) is 5.89. The summed E-state index contributed by atoms with van der Waals surface area (Å²) >= 11 is 0. The predicted octanol–water partition coefficient (Wildman–Crippen LogP) is 3.11. The number of halogens is 1. The molecule has 11 heteroatoms. The van der Waals surface area contributed by atoms with Gasteiger partial charge in [-0.25, -0.2) is 12.8 Å². The van der Waals surface area contributed by atoms with Crippen LogP contribution in [0.15, 0.2) is 71.6 Å². The molecule has 3 aromatic carbocycles. The number of aryl methyl sites for hydroxylation is 1. The average molecular weight is 493 g/mol. The van der Waals surface area contributed by atoms with Gasteiger partial charge in [0, 0.05) is 24.3 Å². The Bertz CT molecular complexity index is 1540. The van der Waals surface area contributed by atoms with E-state index in [2.05, 4.69) is 20.8 Å². The van der Waals surface area contributed by atoms with E-state index < -0.39 is 21.7 Å². The molecular weight excluding hydrogens is 471 g/mol. The molecule has 1 N–H and O–H groups in total. The van der Waals surface area contributed by atoms with Crippen LogP contribution in [-0.4, -0.2) is 45.4 Å². The molecule has 9 nitrogen and oxygen atoms in total. The van der Waals surface area contributed by atoms with Crippen molar-refractivity contribution >= 4 is 21.6 Å². The molecular formula is C24H21FN6O3S. The Morgan fingerprint density at radius 3 is 2.60 bits per heavy atom. The van der Waals surface area contributed by atoms with Crippen LogP contribution in [0, 0.1) is 12.7 Å². The van der Waals surface area contributed by atoms with Crippen molar-refractivity contribution in [2.24, 2.45) is 0 Å². The molecule has 1 aliphatic heterocycles. The molecule has 0 bridgehead atoms. The average Bonchev–Trinajstić information content (AvgIpc) is 3.30. The highest BCUT2D eigenvalue weighted by Gasteiger charge is 2.28. The first kappa shape index (κ1) is 22.8. The third-order valence-corrected chi connectivity index (χ3v) is 7.73. The molecule has 0 saturated heterocycles. The molecule has 0 fully saturated rings. The summed E-state index contributed by atoms with van der Waals surface area (Å²) in [6.45, 7) is 2.27. The maximum atomic E-state index is 14.3. The normalized spacial score (nSPS) is 13.9. The van der Waals surface area contributed by atoms with Crippen molar-refractivity contribution in [2.75, 3.05) is 11.9 Å². The Hall–Kier alpha value is -3.96. The number of rotatable bonds is 5. The number of aromatic nitrogens is 4. The van der Waals surface area contributed by atoms with Crippen molar-refractivity contribution in [3.63, 3.8) is 0 Å². The second-order valence-corrected chi connectivity index (χ2v) is 10.1. The molecule has 1 aromatic heterocycles. The predicted molar refractivity (Wildman–Crippen MR) is 126 cm³/mol. The quantitative estimate of drug-likeness (QED) is 0.458. The van der Waals surface area contributed by atoms with Crippen molar-refractivity contribution < 1.29 is 17.6 Å². The number of fused-ring (bicyclic) bond motifs is 1. The molecule has 4 aromatic rings. The van der Waals surface area contributed by atoms with Crippen molar-refractivity contribution in [1.82, 2.24) is 24.5 Å². The fourth-order valence-electron chi connectivity index (χ4n) is 4.03. The summed E-state index contributed by atoms with van der Waals surface area (Å²) in [4.78, 5) is 13.0. The van der Waals surface area contributed by atoms with Crippen LogP contribution in [0.25, 0.3) is 5.69 Å². The highest BCUT2D eigenvalue weighted by atomic mass is 32.2. The molecule has 5 rings (SSSR count). The Labute approximate surface area is 201 Å². The minimum absolute atomic E-state index is 0.0358. The van der Waals surface area contributed by atoms with Gasteiger partial charge in [-0.3, -0.25) is 4.79 Å². The number of carbonyl (C=O) groups is 1. The van der Waals surface area contributed by atoms with E-state index in [1.165, 1.54) is 51.5 Å². The van der Waals surface area contributed by atoms with Crippen LogP contribution in [0.3, 0.4) is 0 Å². The van der Waals surface area contributed by atoms with Crippen molar-refractivity contribution in [3.05, 3.63) is 95.1 Å². The number of sulfonamides is 1. The molecule has 178 valence electrons. The minimum atomic E-state index is -3.80. The van der Waals surface area contributed by atoms with E-state index in [4.69, 9.17) is 0 Å². The van der Waals surface area contributed by atoms with Crippen molar-refractivity contribution in [1.29, 1.82) is 0 Å². The van der Waals surface area contributed by atoms with Crippen LogP contribution in [0.1, 0.15) is 27.3 Å². The van der Waals surface area contributed by atoms with Gasteiger partial charge >= 0.3 is 0 Å². The van der Waals surface area contributed by atoms with Crippen molar-refractivity contribution in [2.45, 2.75) is 24.8 Å². The van der Waals surface area contributed by atoms with E-state index in [0.717, 1.165) is 11.1 Å². The van der Waals surface area contributed by atoms with Crippen LogP contribution >= 0.6 is 0 Å². The zero-order chi connectivity index (χ0) is 24.6. The largest absolute Gasteiger partial charge is 0.322 e. The number of hydrogen-bond donors (Lipinski definition) is 1. The van der Waals surface area contributed by atoms with E-state index in [1.807, 2.05) is 24.3 Å². The summed E-state index contributed by atoms with van der Waals surface area (Å²) in [7, 11) is -3.80. The Morgan fingerprint density at radius 2 is 1.83 bits per heavy atom. The maximum absolute atomic E-state index is 14.3. The Kier molecular flexibility index (Phi) is 5.87. The lowest BCUT2D eigenvalue weighted by atomic mass is 10.0. The van der Waals surface area contributed by atoms with Crippen LogP contribution in [0.4, 0.5) is 10.1 Å². The number of benzene rings is 3. The fraction of sp³-hybridized carbons (Fsp3) is 0.167. The van der Waals surface area contributed by atoms with Crippen LogP contribution in [-0.2, 0) is 23.0 Å². The van der Waals surface area contributed by atoms with Gasteiger partial charge in [0.05, 0.1) is 4.90 Å². The summed E-state index contributed by atoms with van der Waals surface area (Å²) in [5.74, 6) is -0.711. The van der Waals surface area contributed by atoms with Crippen LogP contribution in [0.5, 0.6) is 0 Å². The molecule has 0 atom stereocenters. The number of hydrogen-bond acceptors (Lipinski definition) is 6. The van der Waals surface area contributed by atoms with Gasteiger partial charge in [0.15, 0.2) is 5.82 Å². The third kappa shape index (κ3) is 4.43. The summed E-state index contributed by atoms with van der Waals surface area (Å²) < 4.78 is 43.6. The summed E-state index contributed by atoms with van der Waals surface area (Å²) in [5, 5.41) is 13.7. The first-order valence-corrected chi connectivity index (χ1v) is 12.3. The second-order valence-electron chi connectivity index (χ2n) is 8.14. The summed E-state index contributed by atoms with van der Waals surface area (Å²) in [5.41, 5.74) is 2.66. The summed E-state index contributed by atoms with van der Waals surface area (Å²) in [6, 6.07) is 17.6.